The van der Waals surface area contributed by atoms with Gasteiger partial charge in [0.2, 0.25) is 0 Å². The number of nitrogens with two attached hydrogens (primary N) is 3. The van der Waals surface area contributed by atoms with Crippen molar-refractivity contribution >= 4 is 76.7 Å². The van der Waals surface area contributed by atoms with Crippen LogP contribution >= 0.6 is 0 Å². The zero-order valence-corrected chi connectivity index (χ0v) is 41.2. The van der Waals surface area contributed by atoms with Gasteiger partial charge in [-0.2, -0.15) is 0 Å². The summed E-state index contributed by atoms with van der Waals surface area (Å²) in [5.41, 5.74) is 21.6. The third-order valence-corrected chi connectivity index (χ3v) is 11.5. The van der Waals surface area contributed by atoms with E-state index in [4.69, 9.17) is 45.6 Å². The zero-order chi connectivity index (χ0) is 53.6. The molecule has 6 amide bonds. The van der Waals surface area contributed by atoms with Crippen molar-refractivity contribution in [2.75, 3.05) is 64.8 Å². The largest absolute Gasteiger partial charge is 0.465 e. The number of carbonyl (C=O) groups is 9. The van der Waals surface area contributed by atoms with Gasteiger partial charge in [0.1, 0.15) is 0 Å². The topological polar surface area (TPSA) is 359 Å². The predicted molar refractivity (Wildman–Crippen MR) is 261 cm³/mol. The van der Waals surface area contributed by atoms with E-state index in [9.17, 15) is 43.2 Å². The van der Waals surface area contributed by atoms with E-state index in [0.29, 0.717) is 36.0 Å². The van der Waals surface area contributed by atoms with Crippen molar-refractivity contribution < 1.29 is 71.6 Å². The monoisotopic (exact) mass is 1000 g/mol. The van der Waals surface area contributed by atoms with Gasteiger partial charge in [0.15, 0.2) is 0 Å². The van der Waals surface area contributed by atoms with Gasteiger partial charge in [-0.25, -0.2) is 43.2 Å². The average molecular weight is 1000 g/mol. The number of rotatable bonds is 18. The number of ether oxygens (including phenoxy) is 6. The Morgan fingerprint density at radius 2 is 0.750 bits per heavy atom. The van der Waals surface area contributed by atoms with Crippen LogP contribution in [-0.2, 0) is 76.9 Å². The maximum absolute atomic E-state index is 13.7. The highest BCUT2D eigenvalue weighted by Crippen LogP contribution is 2.32. The smallest absolute Gasteiger partial charge is 0.338 e. The number of hydrogen-bond donors (Lipinski definition) is 9. The second-order valence-corrected chi connectivity index (χ2v) is 15.6. The number of amides is 6. The fourth-order valence-electron chi connectivity index (χ4n) is 8.10. The number of anilines is 4. The molecule has 3 aromatic rings. The van der Waals surface area contributed by atoms with E-state index in [1.165, 1.54) is 36.4 Å². The fourth-order valence-corrected chi connectivity index (χ4v) is 8.10. The van der Waals surface area contributed by atoms with Gasteiger partial charge in [-0.05, 0) is 83.0 Å². The highest BCUT2D eigenvalue weighted by molar-refractivity contribution is 6.09. The first-order chi connectivity index (χ1) is 34.3. The molecule has 1 aliphatic rings. The third kappa shape index (κ3) is 12.7. The van der Waals surface area contributed by atoms with Crippen LogP contribution in [0.1, 0.15) is 95.6 Å². The van der Waals surface area contributed by atoms with E-state index >= 15 is 0 Å². The molecule has 0 saturated carbocycles. The molecule has 3 aromatic carbocycles. The molecule has 0 aromatic heterocycles. The van der Waals surface area contributed by atoms with Crippen LogP contribution in [0.3, 0.4) is 0 Å². The molecule has 24 nitrogen and oxygen atoms in total. The van der Waals surface area contributed by atoms with Gasteiger partial charge in [-0.3, -0.25) is 0 Å². The SMILES string of the molecule is CCc1c(CNC(=O)Nc2cc(C(=O)OC)c(C(=O)OC)cc2N)c(CC)c(CNC(=O)NC2C=C(C(=O)OC)C(C(=O)OC)=CC2N)c(CC)c1CNC(=O)Nc1cc(C(=O)OC)c(C(=O)OC)cc1N. The van der Waals surface area contributed by atoms with E-state index < -0.39 is 66.0 Å². The summed E-state index contributed by atoms with van der Waals surface area (Å²) in [7, 11) is 6.74. The van der Waals surface area contributed by atoms with Gasteiger partial charge < -0.3 is 77.5 Å². The molecule has 72 heavy (non-hydrogen) atoms. The lowest BCUT2D eigenvalue weighted by Gasteiger charge is -2.28. The average Bonchev–Trinajstić information content (AvgIpc) is 3.38. The lowest BCUT2D eigenvalue weighted by molar-refractivity contribution is -0.139. The molecule has 0 saturated heterocycles. The van der Waals surface area contributed by atoms with Crippen molar-refractivity contribution in [3.8, 4) is 0 Å². The summed E-state index contributed by atoms with van der Waals surface area (Å²) < 4.78 is 28.8. The van der Waals surface area contributed by atoms with E-state index in [0.717, 1.165) is 59.3 Å². The van der Waals surface area contributed by atoms with Crippen molar-refractivity contribution in [3.05, 3.63) is 103 Å². The molecule has 12 N–H and O–H groups in total. The summed E-state index contributed by atoms with van der Waals surface area (Å²) in [6.07, 6.45) is 3.75. The van der Waals surface area contributed by atoms with E-state index in [1.54, 1.807) is 0 Å². The second kappa shape index (κ2) is 25.3. The Morgan fingerprint density at radius 1 is 0.444 bits per heavy atom. The van der Waals surface area contributed by atoms with Gasteiger partial charge >= 0.3 is 53.9 Å². The molecule has 0 fully saturated rings. The first-order valence-corrected chi connectivity index (χ1v) is 22.2. The Morgan fingerprint density at radius 3 is 1.07 bits per heavy atom. The maximum Gasteiger partial charge on any atom is 0.338 e. The van der Waals surface area contributed by atoms with Crippen molar-refractivity contribution in [2.24, 2.45) is 5.73 Å². The molecule has 4 rings (SSSR count). The summed E-state index contributed by atoms with van der Waals surface area (Å²) in [6, 6.07) is 0.515. The molecular weight excluding hydrogens is 943 g/mol. The number of hydrogen-bond acceptors (Lipinski definition) is 18. The van der Waals surface area contributed by atoms with E-state index in [1.807, 2.05) is 20.8 Å². The molecule has 2 atom stereocenters. The van der Waals surface area contributed by atoms with Crippen LogP contribution < -0.4 is 49.1 Å². The maximum atomic E-state index is 13.7. The van der Waals surface area contributed by atoms with Crippen molar-refractivity contribution in [1.82, 2.24) is 21.3 Å². The van der Waals surface area contributed by atoms with Gasteiger partial charge in [0.05, 0.1) is 105 Å². The molecule has 0 spiro atoms. The van der Waals surface area contributed by atoms with E-state index in [-0.39, 0.29) is 75.8 Å². The molecule has 0 bridgehead atoms. The minimum atomic E-state index is -0.980. The third-order valence-electron chi connectivity index (χ3n) is 11.5. The van der Waals surface area contributed by atoms with Crippen LogP contribution in [-0.4, -0.2) is 109 Å². The van der Waals surface area contributed by atoms with Crippen LogP contribution in [0.4, 0.5) is 37.1 Å². The van der Waals surface area contributed by atoms with Crippen LogP contribution in [0.2, 0.25) is 0 Å². The zero-order valence-electron chi connectivity index (χ0n) is 41.2. The number of esters is 6. The van der Waals surface area contributed by atoms with Crippen LogP contribution in [0, 0.1) is 0 Å². The molecular formula is C48H59N9O15. The summed E-state index contributed by atoms with van der Waals surface area (Å²) in [5.74, 6) is -5.19. The Labute approximate surface area is 414 Å². The Balaban J connectivity index is 1.76. The van der Waals surface area contributed by atoms with Gasteiger partial charge in [-0.15, -0.1) is 0 Å². The molecule has 0 radical (unpaired) electrons. The highest BCUT2D eigenvalue weighted by atomic mass is 16.5. The van der Waals surface area contributed by atoms with Crippen molar-refractivity contribution in [2.45, 2.75) is 71.8 Å². The normalized spacial score (nSPS) is 13.7. The second-order valence-electron chi connectivity index (χ2n) is 15.6. The molecule has 24 heteroatoms. The predicted octanol–water partition coefficient (Wildman–Crippen LogP) is 3.04. The minimum Gasteiger partial charge on any atom is -0.465 e. The molecule has 1 aliphatic carbocycles. The van der Waals surface area contributed by atoms with Crippen LogP contribution in [0.5, 0.6) is 0 Å². The standard InChI is InChI=1S/C48H59N9O15/c1-10-22-31(19-52-46(64)55-37-16-28(43(61)70-7)25(13-34(37)49)40(58)67-4)23(11-2)33(21-54-48(66)57-39-18-30(45(63)72-9)27(15-36(39)51)42(60)69-6)24(12-3)32(22)20-53-47(65)56-38-17-29(44(62)71-8)26(14-35(38)50)41(59)68-5/h13-18,34,37H,10-12,19-21,49-51H2,1-9H3,(H2,52,55,64)(H2,53,56,65)(H2,54,57,66). The number of nitrogen functional groups attached to an aromatic ring is 2. The number of methoxy groups -OCH3 is 6. The minimum absolute atomic E-state index is 0.0253. The Hall–Kier alpha value is -8.67. The van der Waals surface area contributed by atoms with Crippen molar-refractivity contribution in [3.63, 3.8) is 0 Å². The molecule has 0 heterocycles. The van der Waals surface area contributed by atoms with Gasteiger partial charge in [0.25, 0.3) is 0 Å². The van der Waals surface area contributed by atoms with Gasteiger partial charge in [0, 0.05) is 25.7 Å². The van der Waals surface area contributed by atoms with Crippen molar-refractivity contribution in [1.29, 1.82) is 0 Å². The quantitative estimate of drug-likeness (QED) is 0.0502. The number of nitrogens with one attached hydrogen (secondary N) is 6. The molecule has 0 aliphatic heterocycles. The van der Waals surface area contributed by atoms with Crippen LogP contribution in [0.15, 0.2) is 47.6 Å². The first-order valence-electron chi connectivity index (χ1n) is 22.2. The summed E-state index contributed by atoms with van der Waals surface area (Å²) >= 11 is 0. The first kappa shape index (κ1) is 55.9. The molecule has 386 valence electrons. The summed E-state index contributed by atoms with van der Waals surface area (Å²) in [5, 5.41) is 16.5. The lowest BCUT2D eigenvalue weighted by Crippen LogP contribution is -2.51. The van der Waals surface area contributed by atoms with E-state index in [2.05, 4.69) is 31.9 Å². The Kier molecular flexibility index (Phi) is 19.6. The van der Waals surface area contributed by atoms with Gasteiger partial charge in [-0.1, -0.05) is 26.8 Å². The number of benzene rings is 3. The molecule has 2 unspecified atom stereocenters. The van der Waals surface area contributed by atoms with Crippen LogP contribution in [0.25, 0.3) is 0 Å². The summed E-state index contributed by atoms with van der Waals surface area (Å²) in [6.45, 7) is 5.32. The lowest BCUT2D eigenvalue weighted by atomic mass is 9.83. The highest BCUT2D eigenvalue weighted by Gasteiger charge is 2.32. The fraction of sp³-hybridized carbons (Fsp3) is 0.354. The number of urea groups is 3. The Bertz CT molecular complexity index is 2600. The number of carbonyl (C=O) groups excluding carboxylic acids is 9. The summed E-state index contributed by atoms with van der Waals surface area (Å²) in [4.78, 5) is 116.